The highest BCUT2D eigenvalue weighted by Gasteiger charge is 2.06. The van der Waals surface area contributed by atoms with Crippen LogP contribution < -0.4 is 0 Å². The summed E-state index contributed by atoms with van der Waals surface area (Å²) >= 11 is 5.78. The van der Waals surface area contributed by atoms with Crippen molar-refractivity contribution in [3.63, 3.8) is 0 Å². The van der Waals surface area contributed by atoms with Crippen LogP contribution in [-0.2, 0) is 14.3 Å². The molecule has 108 valence electrons. The largest absolute Gasteiger partial charge is 0.469 e. The standard InChI is InChI=1S/C15H18ClNO3/c1-17(11-3-4-15(19)20-2)14(18)10-7-12-5-8-13(16)9-6-12/h5-10H,3-4,11H2,1-2H3. The number of carbonyl (C=O) groups is 2. The first-order chi connectivity index (χ1) is 9.52. The summed E-state index contributed by atoms with van der Waals surface area (Å²) in [6.45, 7) is 0.513. The summed E-state index contributed by atoms with van der Waals surface area (Å²) in [6, 6.07) is 7.21. The van der Waals surface area contributed by atoms with E-state index < -0.39 is 0 Å². The molecule has 0 aliphatic heterocycles. The summed E-state index contributed by atoms with van der Waals surface area (Å²) in [4.78, 5) is 24.3. The van der Waals surface area contributed by atoms with Crippen LogP contribution in [0.15, 0.2) is 30.3 Å². The van der Waals surface area contributed by atoms with Crippen LogP contribution in [0.5, 0.6) is 0 Å². The number of rotatable bonds is 6. The Morgan fingerprint density at radius 1 is 1.30 bits per heavy atom. The second-order valence-electron chi connectivity index (χ2n) is 4.32. The first kappa shape index (κ1) is 16.2. The van der Waals surface area contributed by atoms with E-state index in [0.717, 1.165) is 5.56 Å². The monoisotopic (exact) mass is 295 g/mol. The average Bonchev–Trinajstić information content (AvgIpc) is 2.45. The number of nitrogens with zero attached hydrogens (tertiary/aromatic N) is 1. The minimum absolute atomic E-state index is 0.107. The summed E-state index contributed by atoms with van der Waals surface area (Å²) in [5.74, 6) is -0.368. The van der Waals surface area contributed by atoms with Gasteiger partial charge in [-0.25, -0.2) is 0 Å². The van der Waals surface area contributed by atoms with Gasteiger partial charge in [0, 0.05) is 31.1 Å². The zero-order chi connectivity index (χ0) is 15.0. The van der Waals surface area contributed by atoms with Gasteiger partial charge in [-0.1, -0.05) is 23.7 Å². The van der Waals surface area contributed by atoms with Crippen LogP contribution in [0.25, 0.3) is 6.08 Å². The van der Waals surface area contributed by atoms with E-state index in [1.54, 1.807) is 30.2 Å². The summed E-state index contributed by atoms with van der Waals surface area (Å²) in [6.07, 6.45) is 4.13. The highest BCUT2D eigenvalue weighted by atomic mass is 35.5. The maximum absolute atomic E-state index is 11.8. The molecule has 0 heterocycles. The molecule has 1 amide bonds. The Morgan fingerprint density at radius 2 is 1.95 bits per heavy atom. The second-order valence-corrected chi connectivity index (χ2v) is 4.76. The van der Waals surface area contributed by atoms with Gasteiger partial charge in [-0.15, -0.1) is 0 Å². The van der Waals surface area contributed by atoms with Crippen LogP contribution in [0.1, 0.15) is 18.4 Å². The Bertz CT molecular complexity index is 482. The Kier molecular flexibility index (Phi) is 6.81. The van der Waals surface area contributed by atoms with E-state index in [4.69, 9.17) is 11.6 Å². The molecule has 1 rings (SSSR count). The lowest BCUT2D eigenvalue weighted by molar-refractivity contribution is -0.141. The molecular formula is C15H18ClNO3. The molecule has 0 aliphatic carbocycles. The molecule has 0 fully saturated rings. The molecule has 20 heavy (non-hydrogen) atoms. The number of hydrogen-bond acceptors (Lipinski definition) is 3. The van der Waals surface area contributed by atoms with Crippen molar-refractivity contribution < 1.29 is 14.3 Å². The molecule has 0 radical (unpaired) electrons. The van der Waals surface area contributed by atoms with Crippen molar-refractivity contribution in [1.82, 2.24) is 4.90 Å². The zero-order valence-corrected chi connectivity index (χ0v) is 12.4. The van der Waals surface area contributed by atoms with Crippen molar-refractivity contribution >= 4 is 29.6 Å². The van der Waals surface area contributed by atoms with E-state index in [2.05, 4.69) is 4.74 Å². The molecule has 0 N–H and O–H groups in total. The van der Waals surface area contributed by atoms with E-state index in [1.807, 2.05) is 12.1 Å². The lowest BCUT2D eigenvalue weighted by atomic mass is 10.2. The number of likely N-dealkylation sites (N-methyl/N-ethyl adjacent to an activating group) is 1. The van der Waals surface area contributed by atoms with Crippen LogP contribution in [0.3, 0.4) is 0 Å². The van der Waals surface area contributed by atoms with Crippen molar-refractivity contribution in [3.8, 4) is 0 Å². The first-order valence-electron chi connectivity index (χ1n) is 6.28. The molecule has 0 bridgehead atoms. The van der Waals surface area contributed by atoms with Crippen LogP contribution in [0.4, 0.5) is 0 Å². The van der Waals surface area contributed by atoms with Crippen molar-refractivity contribution in [2.75, 3.05) is 20.7 Å². The van der Waals surface area contributed by atoms with E-state index >= 15 is 0 Å². The van der Waals surface area contributed by atoms with Crippen molar-refractivity contribution in [2.24, 2.45) is 0 Å². The predicted octanol–water partition coefficient (Wildman–Crippen LogP) is 2.76. The van der Waals surface area contributed by atoms with Gasteiger partial charge >= 0.3 is 5.97 Å². The van der Waals surface area contributed by atoms with Gasteiger partial charge in [0.2, 0.25) is 5.91 Å². The SMILES string of the molecule is COC(=O)CCCN(C)C(=O)C=Cc1ccc(Cl)cc1. The molecule has 5 heteroatoms. The van der Waals surface area contributed by atoms with E-state index in [1.165, 1.54) is 13.2 Å². The normalized spacial score (nSPS) is 10.6. The highest BCUT2D eigenvalue weighted by Crippen LogP contribution is 2.10. The minimum Gasteiger partial charge on any atom is -0.469 e. The van der Waals surface area contributed by atoms with Gasteiger partial charge in [0.05, 0.1) is 7.11 Å². The van der Waals surface area contributed by atoms with Crippen LogP contribution in [0.2, 0.25) is 5.02 Å². The van der Waals surface area contributed by atoms with Crippen LogP contribution in [0, 0.1) is 0 Å². The summed E-state index contributed by atoms with van der Waals surface area (Å²) in [5, 5.41) is 0.661. The van der Waals surface area contributed by atoms with Crippen molar-refractivity contribution in [3.05, 3.63) is 40.9 Å². The molecular weight excluding hydrogens is 278 g/mol. The molecule has 1 aromatic rings. The number of halogens is 1. The van der Waals surface area contributed by atoms with E-state index in [9.17, 15) is 9.59 Å². The lowest BCUT2D eigenvalue weighted by Crippen LogP contribution is -2.26. The molecule has 0 aromatic heterocycles. The van der Waals surface area contributed by atoms with Crippen LogP contribution in [-0.4, -0.2) is 37.5 Å². The average molecular weight is 296 g/mol. The second kappa shape index (κ2) is 8.38. The number of hydrogen-bond donors (Lipinski definition) is 0. The predicted molar refractivity (Wildman–Crippen MR) is 79.4 cm³/mol. The fraction of sp³-hybridized carbons (Fsp3) is 0.333. The zero-order valence-electron chi connectivity index (χ0n) is 11.6. The number of amides is 1. The lowest BCUT2D eigenvalue weighted by Gasteiger charge is -2.14. The number of methoxy groups -OCH3 is 1. The minimum atomic E-state index is -0.262. The summed E-state index contributed by atoms with van der Waals surface area (Å²) in [7, 11) is 3.05. The quantitative estimate of drug-likeness (QED) is 0.599. The number of esters is 1. The maximum Gasteiger partial charge on any atom is 0.305 e. The Labute approximate surface area is 124 Å². The van der Waals surface area contributed by atoms with Gasteiger partial charge in [-0.2, -0.15) is 0 Å². The Morgan fingerprint density at radius 3 is 2.55 bits per heavy atom. The van der Waals surface area contributed by atoms with E-state index in [-0.39, 0.29) is 11.9 Å². The fourth-order valence-corrected chi connectivity index (χ4v) is 1.67. The molecule has 0 atom stereocenters. The van der Waals surface area contributed by atoms with Gasteiger partial charge in [0.25, 0.3) is 0 Å². The molecule has 1 aromatic carbocycles. The number of ether oxygens (including phenoxy) is 1. The maximum atomic E-state index is 11.8. The molecule has 4 nitrogen and oxygen atoms in total. The molecule has 0 saturated carbocycles. The van der Waals surface area contributed by atoms with Crippen molar-refractivity contribution in [2.45, 2.75) is 12.8 Å². The van der Waals surface area contributed by atoms with Gasteiger partial charge in [-0.05, 0) is 30.2 Å². The fourth-order valence-electron chi connectivity index (χ4n) is 1.54. The summed E-state index contributed by atoms with van der Waals surface area (Å²) in [5.41, 5.74) is 0.908. The Balaban J connectivity index is 2.41. The summed E-state index contributed by atoms with van der Waals surface area (Å²) < 4.78 is 4.54. The number of carbonyl (C=O) groups excluding carboxylic acids is 2. The van der Waals surface area contributed by atoms with Gasteiger partial charge in [-0.3, -0.25) is 9.59 Å². The molecule has 0 aliphatic rings. The highest BCUT2D eigenvalue weighted by molar-refractivity contribution is 6.30. The molecule has 0 spiro atoms. The first-order valence-corrected chi connectivity index (χ1v) is 6.66. The van der Waals surface area contributed by atoms with E-state index in [0.29, 0.717) is 24.4 Å². The third kappa shape index (κ3) is 5.89. The molecule has 0 saturated heterocycles. The Hall–Kier alpha value is -1.81. The molecule has 0 unspecified atom stereocenters. The van der Waals surface area contributed by atoms with Gasteiger partial charge in [0.1, 0.15) is 0 Å². The van der Waals surface area contributed by atoms with Crippen LogP contribution >= 0.6 is 11.6 Å². The van der Waals surface area contributed by atoms with Crippen molar-refractivity contribution in [1.29, 1.82) is 0 Å². The third-order valence-corrected chi connectivity index (χ3v) is 3.02. The topological polar surface area (TPSA) is 46.6 Å². The van der Waals surface area contributed by atoms with Gasteiger partial charge in [0.15, 0.2) is 0 Å². The smallest absolute Gasteiger partial charge is 0.305 e. The third-order valence-electron chi connectivity index (χ3n) is 2.77. The number of benzene rings is 1. The van der Waals surface area contributed by atoms with Gasteiger partial charge < -0.3 is 9.64 Å².